The fourth-order valence-corrected chi connectivity index (χ4v) is 4.70. The highest BCUT2D eigenvalue weighted by Gasteiger charge is 2.50. The number of para-hydroxylation sites is 1. The van der Waals surface area contributed by atoms with Crippen LogP contribution < -0.4 is 0 Å². The van der Waals surface area contributed by atoms with Crippen molar-refractivity contribution in [3.8, 4) is 0 Å². The van der Waals surface area contributed by atoms with Crippen molar-refractivity contribution in [2.24, 2.45) is 0 Å². The van der Waals surface area contributed by atoms with Gasteiger partial charge in [0.1, 0.15) is 5.01 Å². The Morgan fingerprint density at radius 2 is 1.44 bits per heavy atom. The largest absolute Gasteiger partial charge is 0.279 e. The van der Waals surface area contributed by atoms with Gasteiger partial charge in [-0.1, -0.05) is 72.8 Å². The van der Waals surface area contributed by atoms with E-state index in [2.05, 4.69) is 89.8 Å². The number of hydrogen-bond acceptors (Lipinski definition) is 3. The van der Waals surface area contributed by atoms with Crippen LogP contribution in [0.15, 0.2) is 84.9 Å². The van der Waals surface area contributed by atoms with E-state index in [1.54, 1.807) is 0 Å². The Balaban J connectivity index is 1.51. The van der Waals surface area contributed by atoms with Crippen molar-refractivity contribution in [1.29, 1.82) is 0 Å². The molecule has 3 unspecified atom stereocenters. The van der Waals surface area contributed by atoms with Crippen molar-refractivity contribution in [2.45, 2.75) is 18.6 Å². The van der Waals surface area contributed by atoms with E-state index >= 15 is 0 Å². The zero-order chi connectivity index (χ0) is 16.6. The van der Waals surface area contributed by atoms with E-state index in [4.69, 9.17) is 4.98 Å². The van der Waals surface area contributed by atoms with Gasteiger partial charge in [0.25, 0.3) is 0 Å². The number of benzene rings is 3. The molecular weight excluding hydrogens is 324 g/mol. The highest BCUT2D eigenvalue weighted by Crippen LogP contribution is 2.56. The lowest BCUT2D eigenvalue weighted by Gasteiger charge is -2.04. The van der Waals surface area contributed by atoms with Crippen molar-refractivity contribution in [2.75, 3.05) is 0 Å². The van der Waals surface area contributed by atoms with Gasteiger partial charge >= 0.3 is 0 Å². The fourth-order valence-electron chi connectivity index (χ4n) is 3.58. The number of hydrogen-bond donors (Lipinski definition) is 0. The smallest absolute Gasteiger partial charge is 0.113 e. The second-order valence-electron chi connectivity index (χ2n) is 6.48. The summed E-state index contributed by atoms with van der Waals surface area (Å²) in [5, 5.41) is 1.23. The summed E-state index contributed by atoms with van der Waals surface area (Å²) in [6.45, 7) is 0.959. The molecule has 3 heteroatoms. The molecule has 0 radical (unpaired) electrons. The summed E-state index contributed by atoms with van der Waals surface area (Å²) in [5.74, 6) is 0. The van der Waals surface area contributed by atoms with Crippen LogP contribution in [0, 0.1) is 0 Å². The van der Waals surface area contributed by atoms with Gasteiger partial charge in [0, 0.05) is 6.54 Å². The third kappa shape index (κ3) is 2.76. The normalized spacial score (nSPS) is 22.2. The van der Waals surface area contributed by atoms with Crippen molar-refractivity contribution >= 4 is 21.6 Å². The maximum atomic E-state index is 4.92. The lowest BCUT2D eigenvalue weighted by atomic mass is 10.1. The zero-order valence-corrected chi connectivity index (χ0v) is 14.6. The number of nitrogens with zero attached hydrogens (tertiary/aromatic N) is 2. The summed E-state index contributed by atoms with van der Waals surface area (Å²) in [6.07, 6.45) is 0. The van der Waals surface area contributed by atoms with Crippen LogP contribution in [0.5, 0.6) is 0 Å². The standard InChI is InChI=1S/C22H18N2S/c1-3-9-16(10-4-1)15-24-20(17-11-5-2-6-12-17)21(24)22-23-18-13-7-8-14-19(18)25-22/h1-14,20-21H,15H2. The van der Waals surface area contributed by atoms with Gasteiger partial charge in [-0.05, 0) is 23.3 Å². The maximum Gasteiger partial charge on any atom is 0.113 e. The highest BCUT2D eigenvalue weighted by atomic mass is 32.1. The Kier molecular flexibility index (Phi) is 3.62. The molecule has 0 bridgehead atoms. The topological polar surface area (TPSA) is 15.9 Å². The van der Waals surface area contributed by atoms with Crippen molar-refractivity contribution < 1.29 is 0 Å². The summed E-state index contributed by atoms with van der Waals surface area (Å²) < 4.78 is 1.27. The Morgan fingerprint density at radius 1 is 0.760 bits per heavy atom. The van der Waals surface area contributed by atoms with Gasteiger partial charge in [0.05, 0.1) is 22.3 Å². The van der Waals surface area contributed by atoms with E-state index in [1.807, 2.05) is 11.3 Å². The summed E-state index contributed by atoms with van der Waals surface area (Å²) in [6, 6.07) is 30.7. The van der Waals surface area contributed by atoms with E-state index in [0.29, 0.717) is 12.1 Å². The van der Waals surface area contributed by atoms with E-state index in [-0.39, 0.29) is 0 Å². The van der Waals surface area contributed by atoms with Crippen molar-refractivity contribution in [3.63, 3.8) is 0 Å². The third-order valence-corrected chi connectivity index (χ3v) is 5.94. The van der Waals surface area contributed by atoms with Crippen LogP contribution in [0.4, 0.5) is 0 Å². The minimum Gasteiger partial charge on any atom is -0.279 e. The first-order chi connectivity index (χ1) is 12.4. The molecule has 5 rings (SSSR count). The fraction of sp³-hybridized carbons (Fsp3) is 0.136. The summed E-state index contributed by atoms with van der Waals surface area (Å²) in [4.78, 5) is 7.46. The van der Waals surface area contributed by atoms with Gasteiger partial charge < -0.3 is 0 Å². The molecule has 3 aromatic carbocycles. The number of thiazole rings is 1. The molecule has 3 atom stereocenters. The molecule has 1 saturated heterocycles. The van der Waals surface area contributed by atoms with Gasteiger partial charge in [-0.3, -0.25) is 4.90 Å². The quantitative estimate of drug-likeness (QED) is 0.449. The van der Waals surface area contributed by atoms with Gasteiger partial charge in [0.15, 0.2) is 0 Å². The minimum absolute atomic E-state index is 0.375. The Hall–Kier alpha value is -2.49. The van der Waals surface area contributed by atoms with Crippen LogP contribution in [0.3, 0.4) is 0 Å². The SMILES string of the molecule is c1ccc(CN2C(c3ccccc3)C2c2nc3ccccc3s2)cc1. The molecule has 2 heterocycles. The van der Waals surface area contributed by atoms with E-state index in [9.17, 15) is 0 Å². The molecule has 0 saturated carbocycles. The highest BCUT2D eigenvalue weighted by molar-refractivity contribution is 7.18. The van der Waals surface area contributed by atoms with Crippen molar-refractivity contribution in [1.82, 2.24) is 9.88 Å². The minimum atomic E-state index is 0.375. The van der Waals surface area contributed by atoms with E-state index in [0.717, 1.165) is 12.1 Å². The van der Waals surface area contributed by atoms with Gasteiger partial charge in [-0.2, -0.15) is 0 Å². The van der Waals surface area contributed by atoms with Crippen LogP contribution >= 0.6 is 11.3 Å². The second kappa shape index (κ2) is 6.10. The Morgan fingerprint density at radius 3 is 2.20 bits per heavy atom. The molecule has 25 heavy (non-hydrogen) atoms. The average molecular weight is 342 g/mol. The first kappa shape index (κ1) is 14.8. The van der Waals surface area contributed by atoms with E-state index in [1.165, 1.54) is 20.8 Å². The molecule has 122 valence electrons. The predicted molar refractivity (Wildman–Crippen MR) is 104 cm³/mol. The molecule has 1 aromatic heterocycles. The van der Waals surface area contributed by atoms with Gasteiger partial charge in [-0.25, -0.2) is 4.98 Å². The molecular formula is C22H18N2S. The molecule has 1 aliphatic rings. The summed E-state index contributed by atoms with van der Waals surface area (Å²) >= 11 is 1.83. The van der Waals surface area contributed by atoms with Crippen LogP contribution in [0.2, 0.25) is 0 Å². The van der Waals surface area contributed by atoms with Gasteiger partial charge in [-0.15, -0.1) is 11.3 Å². The lowest BCUT2D eigenvalue weighted by Crippen LogP contribution is -1.99. The molecule has 1 aliphatic heterocycles. The lowest BCUT2D eigenvalue weighted by molar-refractivity contribution is 0.480. The van der Waals surface area contributed by atoms with Crippen molar-refractivity contribution in [3.05, 3.63) is 101 Å². The maximum absolute atomic E-state index is 4.92. The predicted octanol–water partition coefficient (Wildman–Crippen LogP) is 5.59. The average Bonchev–Trinajstić information content (AvgIpc) is 3.21. The molecule has 0 N–H and O–H groups in total. The van der Waals surface area contributed by atoms with Crippen LogP contribution in [-0.2, 0) is 6.54 Å². The Labute approximate surface area is 151 Å². The Bertz CT molecular complexity index is 961. The van der Waals surface area contributed by atoms with E-state index < -0.39 is 0 Å². The number of fused-ring (bicyclic) bond motifs is 1. The molecule has 2 nitrogen and oxygen atoms in total. The van der Waals surface area contributed by atoms with Gasteiger partial charge in [0.2, 0.25) is 0 Å². The molecule has 0 amide bonds. The molecule has 4 aromatic rings. The first-order valence-electron chi connectivity index (χ1n) is 8.60. The van der Waals surface area contributed by atoms with Crippen LogP contribution in [0.25, 0.3) is 10.2 Å². The third-order valence-electron chi connectivity index (χ3n) is 4.84. The van der Waals surface area contributed by atoms with Crippen LogP contribution in [0.1, 0.15) is 28.2 Å². The van der Waals surface area contributed by atoms with Crippen LogP contribution in [-0.4, -0.2) is 9.88 Å². The molecule has 0 spiro atoms. The summed E-state index contributed by atoms with van der Waals surface area (Å²) in [5.41, 5.74) is 3.84. The first-order valence-corrected chi connectivity index (χ1v) is 9.42. The number of rotatable bonds is 4. The monoisotopic (exact) mass is 342 g/mol. The summed E-state index contributed by atoms with van der Waals surface area (Å²) in [7, 11) is 0. The molecule has 1 fully saturated rings. The second-order valence-corrected chi connectivity index (χ2v) is 7.54. The number of aromatic nitrogens is 1. The zero-order valence-electron chi connectivity index (χ0n) is 13.7. The molecule has 0 aliphatic carbocycles.